The van der Waals surface area contributed by atoms with Crippen LogP contribution in [0.25, 0.3) is 0 Å². The minimum atomic E-state index is -0.414. The Hall–Kier alpha value is -1.73. The maximum Gasteiger partial charge on any atom is 0.272 e. The molecule has 1 aromatic heterocycles. The predicted molar refractivity (Wildman–Crippen MR) is 97.2 cm³/mol. The van der Waals surface area contributed by atoms with Crippen LogP contribution < -0.4 is 4.90 Å². The van der Waals surface area contributed by atoms with Crippen molar-refractivity contribution in [1.29, 1.82) is 0 Å². The fraction of sp³-hybridized carbons (Fsp3) is 0.737. The molecule has 0 saturated carbocycles. The van der Waals surface area contributed by atoms with Gasteiger partial charge < -0.3 is 19.3 Å². The van der Waals surface area contributed by atoms with Crippen LogP contribution in [0.4, 0.5) is 5.95 Å². The lowest BCUT2D eigenvalue weighted by atomic mass is 10.00. The second kappa shape index (κ2) is 7.12. The average Bonchev–Trinajstić information content (AvgIpc) is 3.09. The maximum atomic E-state index is 12.9. The minimum absolute atomic E-state index is 0.0271. The molecule has 3 saturated heterocycles. The fourth-order valence-corrected chi connectivity index (χ4v) is 4.17. The molecule has 4 rings (SSSR count). The van der Waals surface area contributed by atoms with E-state index in [2.05, 4.69) is 21.8 Å². The molecule has 0 bridgehead atoms. The monoisotopic (exact) mass is 360 g/mol. The van der Waals surface area contributed by atoms with Crippen molar-refractivity contribution in [1.82, 2.24) is 14.9 Å². The van der Waals surface area contributed by atoms with Crippen molar-refractivity contribution < 1.29 is 14.3 Å². The number of aromatic nitrogens is 2. The molecule has 1 amide bonds. The van der Waals surface area contributed by atoms with Gasteiger partial charge in [-0.1, -0.05) is 6.92 Å². The molecule has 142 valence electrons. The molecule has 0 radical (unpaired) electrons. The number of nitrogens with zero attached hydrogens (tertiary/aromatic N) is 4. The largest absolute Gasteiger partial charge is 0.347 e. The summed E-state index contributed by atoms with van der Waals surface area (Å²) in [6.07, 6.45) is 3.87. The molecule has 3 fully saturated rings. The van der Waals surface area contributed by atoms with Gasteiger partial charge in [-0.25, -0.2) is 9.97 Å². The van der Waals surface area contributed by atoms with Crippen LogP contribution in [-0.2, 0) is 9.47 Å². The molecule has 0 aromatic carbocycles. The van der Waals surface area contributed by atoms with Gasteiger partial charge in [-0.05, 0) is 31.7 Å². The first kappa shape index (κ1) is 17.7. The summed E-state index contributed by atoms with van der Waals surface area (Å²) in [6.45, 7) is 8.67. The van der Waals surface area contributed by atoms with E-state index in [1.807, 2.05) is 11.8 Å². The van der Waals surface area contributed by atoms with Crippen LogP contribution in [0.5, 0.6) is 0 Å². The van der Waals surface area contributed by atoms with Crippen LogP contribution >= 0.6 is 0 Å². The van der Waals surface area contributed by atoms with E-state index < -0.39 is 5.79 Å². The van der Waals surface area contributed by atoms with Gasteiger partial charge in [-0.2, -0.15) is 0 Å². The zero-order valence-electron chi connectivity index (χ0n) is 15.7. The van der Waals surface area contributed by atoms with Crippen molar-refractivity contribution in [3.05, 3.63) is 17.5 Å². The Bertz CT molecular complexity index is 665. The molecular weight excluding hydrogens is 332 g/mol. The summed E-state index contributed by atoms with van der Waals surface area (Å²) in [5.41, 5.74) is 1.34. The lowest BCUT2D eigenvalue weighted by Gasteiger charge is -2.37. The smallest absolute Gasteiger partial charge is 0.272 e. The van der Waals surface area contributed by atoms with Crippen molar-refractivity contribution in [2.45, 2.75) is 45.3 Å². The second-order valence-electron chi connectivity index (χ2n) is 7.79. The molecule has 1 unspecified atom stereocenters. The molecule has 7 heteroatoms. The first-order chi connectivity index (χ1) is 12.5. The van der Waals surface area contributed by atoms with Gasteiger partial charge in [0.2, 0.25) is 5.95 Å². The lowest BCUT2D eigenvalue weighted by Crippen LogP contribution is -2.46. The SMILES string of the molecule is Cc1cc(C(=O)N2CCCC(C)C2)nc(N2CCC3(CC2)OCCO3)n1. The Morgan fingerprint density at radius 1 is 1.19 bits per heavy atom. The third kappa shape index (κ3) is 3.55. The van der Waals surface area contributed by atoms with Crippen LogP contribution in [0.1, 0.15) is 48.8 Å². The Morgan fingerprint density at radius 2 is 1.92 bits per heavy atom. The molecule has 1 spiro atoms. The number of amides is 1. The zero-order chi connectivity index (χ0) is 18.1. The van der Waals surface area contributed by atoms with E-state index in [9.17, 15) is 4.79 Å². The van der Waals surface area contributed by atoms with Crippen LogP contribution in [-0.4, -0.2) is 66.0 Å². The van der Waals surface area contributed by atoms with Crippen molar-refractivity contribution >= 4 is 11.9 Å². The molecule has 1 atom stereocenters. The summed E-state index contributed by atoms with van der Waals surface area (Å²) >= 11 is 0. The highest BCUT2D eigenvalue weighted by Gasteiger charge is 2.40. The summed E-state index contributed by atoms with van der Waals surface area (Å²) in [4.78, 5) is 26.2. The summed E-state index contributed by atoms with van der Waals surface area (Å²) < 4.78 is 11.6. The number of carbonyl (C=O) groups excluding carboxylic acids is 1. The molecule has 1 aromatic rings. The summed E-state index contributed by atoms with van der Waals surface area (Å²) in [5, 5.41) is 0. The highest BCUT2D eigenvalue weighted by molar-refractivity contribution is 5.92. The van der Waals surface area contributed by atoms with Gasteiger partial charge in [0.1, 0.15) is 5.69 Å². The number of likely N-dealkylation sites (tertiary alicyclic amines) is 1. The molecule has 0 N–H and O–H groups in total. The molecular formula is C19H28N4O3. The van der Waals surface area contributed by atoms with Crippen molar-refractivity contribution in [3.63, 3.8) is 0 Å². The zero-order valence-corrected chi connectivity index (χ0v) is 15.7. The number of hydrogen-bond acceptors (Lipinski definition) is 6. The summed E-state index contributed by atoms with van der Waals surface area (Å²) in [5.74, 6) is 0.813. The van der Waals surface area contributed by atoms with Gasteiger partial charge in [0, 0.05) is 44.7 Å². The Morgan fingerprint density at radius 3 is 2.62 bits per heavy atom. The maximum absolute atomic E-state index is 12.9. The van der Waals surface area contributed by atoms with Crippen LogP contribution in [0.15, 0.2) is 6.07 Å². The highest BCUT2D eigenvalue weighted by Crippen LogP contribution is 2.32. The lowest BCUT2D eigenvalue weighted by molar-refractivity contribution is -0.169. The number of anilines is 1. The normalized spacial score (nSPS) is 25.7. The quantitative estimate of drug-likeness (QED) is 0.804. The van der Waals surface area contributed by atoms with E-state index in [0.717, 1.165) is 51.1 Å². The summed E-state index contributed by atoms with van der Waals surface area (Å²) in [7, 11) is 0. The molecule has 4 heterocycles. The Labute approximate surface area is 154 Å². The van der Waals surface area contributed by atoms with E-state index in [0.29, 0.717) is 30.8 Å². The molecule has 3 aliphatic heterocycles. The minimum Gasteiger partial charge on any atom is -0.347 e. The second-order valence-corrected chi connectivity index (χ2v) is 7.79. The Kier molecular flexibility index (Phi) is 4.84. The van der Waals surface area contributed by atoms with Crippen LogP contribution in [0.2, 0.25) is 0 Å². The average molecular weight is 360 g/mol. The third-order valence-corrected chi connectivity index (χ3v) is 5.63. The van der Waals surface area contributed by atoms with Crippen molar-refractivity contribution in [2.75, 3.05) is 44.3 Å². The standard InChI is InChI=1S/C19H28N4O3/c1-14-4-3-7-23(13-14)17(24)16-12-15(2)20-18(21-16)22-8-5-19(6-9-22)25-10-11-26-19/h12,14H,3-11,13H2,1-2H3. The number of ether oxygens (including phenoxy) is 2. The first-order valence-corrected chi connectivity index (χ1v) is 9.72. The number of rotatable bonds is 2. The molecule has 26 heavy (non-hydrogen) atoms. The van der Waals surface area contributed by atoms with Gasteiger partial charge in [0.15, 0.2) is 5.79 Å². The van der Waals surface area contributed by atoms with E-state index in [-0.39, 0.29) is 5.91 Å². The van der Waals surface area contributed by atoms with E-state index in [1.54, 1.807) is 6.07 Å². The number of carbonyl (C=O) groups is 1. The predicted octanol–water partition coefficient (Wildman–Crippen LogP) is 2.00. The van der Waals surface area contributed by atoms with E-state index in [4.69, 9.17) is 9.47 Å². The molecule has 0 aliphatic carbocycles. The number of aryl methyl sites for hydroxylation is 1. The highest BCUT2D eigenvalue weighted by atomic mass is 16.7. The van der Waals surface area contributed by atoms with Crippen molar-refractivity contribution in [2.24, 2.45) is 5.92 Å². The topological polar surface area (TPSA) is 67.8 Å². The van der Waals surface area contributed by atoms with Crippen LogP contribution in [0.3, 0.4) is 0 Å². The third-order valence-electron chi connectivity index (χ3n) is 5.63. The van der Waals surface area contributed by atoms with Gasteiger partial charge in [-0.3, -0.25) is 4.79 Å². The number of piperidine rings is 2. The Balaban J connectivity index is 1.48. The van der Waals surface area contributed by atoms with Gasteiger partial charge in [0.25, 0.3) is 5.91 Å². The van der Waals surface area contributed by atoms with Gasteiger partial charge >= 0.3 is 0 Å². The number of hydrogen-bond donors (Lipinski definition) is 0. The van der Waals surface area contributed by atoms with Crippen LogP contribution in [0, 0.1) is 12.8 Å². The van der Waals surface area contributed by atoms with Gasteiger partial charge in [0.05, 0.1) is 13.2 Å². The fourth-order valence-electron chi connectivity index (χ4n) is 4.17. The van der Waals surface area contributed by atoms with E-state index >= 15 is 0 Å². The van der Waals surface area contributed by atoms with Gasteiger partial charge in [-0.15, -0.1) is 0 Å². The molecule has 3 aliphatic rings. The summed E-state index contributed by atoms with van der Waals surface area (Å²) in [6, 6.07) is 1.81. The molecule has 7 nitrogen and oxygen atoms in total. The first-order valence-electron chi connectivity index (χ1n) is 9.72. The van der Waals surface area contributed by atoms with E-state index in [1.165, 1.54) is 6.42 Å². The van der Waals surface area contributed by atoms with Crippen molar-refractivity contribution in [3.8, 4) is 0 Å².